The molecule has 1 unspecified atom stereocenters. The van der Waals surface area contributed by atoms with Crippen molar-refractivity contribution in [3.05, 3.63) is 29.8 Å². The molecule has 8 heteroatoms. The van der Waals surface area contributed by atoms with Gasteiger partial charge in [-0.3, -0.25) is 9.59 Å². The van der Waals surface area contributed by atoms with Crippen molar-refractivity contribution in [1.82, 2.24) is 0 Å². The third-order valence-electron chi connectivity index (χ3n) is 2.54. The fourth-order valence-corrected chi connectivity index (χ4v) is 1.59. The summed E-state index contributed by atoms with van der Waals surface area (Å²) in [6.07, 6.45) is -5.37. The van der Waals surface area contributed by atoms with Gasteiger partial charge in [0.1, 0.15) is 0 Å². The number of halogens is 3. The molecule has 1 atom stereocenters. The van der Waals surface area contributed by atoms with Crippen molar-refractivity contribution in [2.45, 2.75) is 32.2 Å². The second kappa shape index (κ2) is 6.13. The van der Waals surface area contributed by atoms with Crippen LogP contribution in [-0.4, -0.2) is 18.1 Å². The van der Waals surface area contributed by atoms with E-state index in [0.29, 0.717) is 6.92 Å². The fourth-order valence-electron chi connectivity index (χ4n) is 1.59. The van der Waals surface area contributed by atoms with Crippen LogP contribution in [0.15, 0.2) is 24.3 Å². The molecule has 21 heavy (non-hydrogen) atoms. The number of para-hydroxylation sites is 1. The molecule has 1 amide bonds. The van der Waals surface area contributed by atoms with E-state index < -0.39 is 29.4 Å². The van der Waals surface area contributed by atoms with Crippen LogP contribution >= 0.6 is 0 Å². The summed E-state index contributed by atoms with van der Waals surface area (Å²) in [5.74, 6) is -6.04. The van der Waals surface area contributed by atoms with Crippen molar-refractivity contribution < 1.29 is 32.6 Å². The van der Waals surface area contributed by atoms with E-state index in [-0.39, 0.29) is 12.1 Å². The zero-order valence-electron chi connectivity index (χ0n) is 11.3. The van der Waals surface area contributed by atoms with Gasteiger partial charge in [-0.1, -0.05) is 25.1 Å². The molecule has 0 spiro atoms. The first-order valence-electron chi connectivity index (χ1n) is 5.98. The molecule has 0 aliphatic carbocycles. The van der Waals surface area contributed by atoms with E-state index in [1.165, 1.54) is 19.1 Å². The van der Waals surface area contributed by atoms with Crippen molar-refractivity contribution >= 4 is 17.6 Å². The Bertz CT molecular complexity index is 544. The highest BCUT2D eigenvalue weighted by Crippen LogP contribution is 2.40. The summed E-state index contributed by atoms with van der Waals surface area (Å²) in [4.78, 5) is 22.2. The Morgan fingerprint density at radius 3 is 2.33 bits per heavy atom. The normalized spacial score (nSPS) is 14.2. The average Bonchev–Trinajstić information content (AvgIpc) is 2.36. The highest BCUT2D eigenvalue weighted by Gasteiger charge is 2.51. The van der Waals surface area contributed by atoms with Gasteiger partial charge in [0.15, 0.2) is 5.79 Å². The first-order valence-corrected chi connectivity index (χ1v) is 5.98. The summed E-state index contributed by atoms with van der Waals surface area (Å²) in [6.45, 7) is 2.20. The van der Waals surface area contributed by atoms with Crippen LogP contribution in [-0.2, 0) is 20.1 Å². The van der Waals surface area contributed by atoms with E-state index in [1.54, 1.807) is 0 Å². The number of hydrogen-bond donors (Lipinski definition) is 1. The number of carbonyl (C=O) groups excluding carboxylic acids is 2. The van der Waals surface area contributed by atoms with Gasteiger partial charge in [-0.05, 0) is 6.07 Å². The molecule has 0 saturated heterocycles. The minimum Gasteiger partial charge on any atom is -0.808 e. The van der Waals surface area contributed by atoms with E-state index in [2.05, 4.69) is 10.1 Å². The van der Waals surface area contributed by atoms with Gasteiger partial charge < -0.3 is 15.2 Å². The van der Waals surface area contributed by atoms with Crippen molar-refractivity contribution in [2.75, 3.05) is 5.32 Å². The molecular weight excluding hydrogens is 291 g/mol. The molecule has 5 nitrogen and oxygen atoms in total. The van der Waals surface area contributed by atoms with Crippen molar-refractivity contribution in [2.24, 2.45) is 0 Å². The zero-order valence-corrected chi connectivity index (χ0v) is 11.3. The van der Waals surface area contributed by atoms with Gasteiger partial charge in [0, 0.05) is 24.6 Å². The van der Waals surface area contributed by atoms with Crippen LogP contribution in [0.5, 0.6) is 0 Å². The number of rotatable bonds is 4. The van der Waals surface area contributed by atoms with Crippen LogP contribution in [0.2, 0.25) is 0 Å². The number of benzene rings is 1. The van der Waals surface area contributed by atoms with E-state index >= 15 is 0 Å². The van der Waals surface area contributed by atoms with Gasteiger partial charge in [-0.2, -0.15) is 13.2 Å². The Kier molecular flexibility index (Phi) is 4.95. The molecular formula is C13H13F3NO4-. The molecule has 1 rings (SSSR count). The first-order chi connectivity index (χ1) is 9.61. The van der Waals surface area contributed by atoms with Crippen molar-refractivity contribution in [3.63, 3.8) is 0 Å². The van der Waals surface area contributed by atoms with Gasteiger partial charge in [-0.25, -0.2) is 0 Å². The first kappa shape index (κ1) is 17.0. The highest BCUT2D eigenvalue weighted by atomic mass is 19.4. The molecule has 1 aromatic carbocycles. The lowest BCUT2D eigenvalue weighted by Crippen LogP contribution is -2.56. The Balaban J connectivity index is 3.38. The Hall–Kier alpha value is -2.09. The van der Waals surface area contributed by atoms with Crippen LogP contribution in [0, 0.1) is 0 Å². The molecule has 116 valence electrons. The third kappa shape index (κ3) is 3.72. The van der Waals surface area contributed by atoms with Gasteiger partial charge >= 0.3 is 12.1 Å². The fraction of sp³-hybridized carbons (Fsp3) is 0.385. The molecule has 0 radical (unpaired) electrons. The number of nitrogens with one attached hydrogen (secondary N) is 1. The molecule has 1 N–H and O–H groups in total. The molecule has 0 fully saturated rings. The second-order valence-corrected chi connectivity index (χ2v) is 4.16. The van der Waals surface area contributed by atoms with Crippen LogP contribution in [0.4, 0.5) is 18.9 Å². The largest absolute Gasteiger partial charge is 0.808 e. The molecule has 0 aliphatic heterocycles. The number of amides is 1. The quantitative estimate of drug-likeness (QED) is 0.678. The van der Waals surface area contributed by atoms with E-state index in [0.717, 1.165) is 12.1 Å². The predicted molar refractivity (Wildman–Crippen MR) is 64.9 cm³/mol. The van der Waals surface area contributed by atoms with Crippen molar-refractivity contribution in [3.8, 4) is 0 Å². The number of carbonyl (C=O) groups is 2. The third-order valence-corrected chi connectivity index (χ3v) is 2.54. The van der Waals surface area contributed by atoms with Crippen LogP contribution in [0.25, 0.3) is 0 Å². The summed E-state index contributed by atoms with van der Waals surface area (Å²) in [5, 5.41) is 14.3. The molecule has 1 aromatic rings. The summed E-state index contributed by atoms with van der Waals surface area (Å²) >= 11 is 0. The number of hydrogen-bond acceptors (Lipinski definition) is 4. The predicted octanol–water partition coefficient (Wildman–Crippen LogP) is 1.67. The molecule has 0 saturated carbocycles. The van der Waals surface area contributed by atoms with E-state index in [9.17, 15) is 27.9 Å². The smallest absolute Gasteiger partial charge is 0.417 e. The Morgan fingerprint density at radius 2 is 1.86 bits per heavy atom. The summed E-state index contributed by atoms with van der Waals surface area (Å²) < 4.78 is 43.1. The van der Waals surface area contributed by atoms with E-state index in [4.69, 9.17) is 0 Å². The maximum Gasteiger partial charge on any atom is 0.417 e. The lowest BCUT2D eigenvalue weighted by molar-refractivity contribution is -0.614. The van der Waals surface area contributed by atoms with Crippen LogP contribution in [0.1, 0.15) is 25.8 Å². The number of alkyl halides is 3. The van der Waals surface area contributed by atoms with Gasteiger partial charge in [0.2, 0.25) is 5.91 Å². The minimum absolute atomic E-state index is 0.0137. The number of esters is 1. The van der Waals surface area contributed by atoms with Gasteiger partial charge in [0.05, 0.1) is 0 Å². The van der Waals surface area contributed by atoms with Crippen LogP contribution < -0.4 is 10.4 Å². The van der Waals surface area contributed by atoms with Crippen LogP contribution in [0.3, 0.4) is 0 Å². The topological polar surface area (TPSA) is 78.5 Å². The summed E-state index contributed by atoms with van der Waals surface area (Å²) in [6, 6.07) is 4.51. The maximum absolute atomic E-state index is 13.0. The maximum atomic E-state index is 13.0. The second-order valence-electron chi connectivity index (χ2n) is 4.16. The molecule has 0 aliphatic rings. The van der Waals surface area contributed by atoms with Gasteiger partial charge in [0.25, 0.3) is 0 Å². The van der Waals surface area contributed by atoms with Gasteiger partial charge in [-0.15, -0.1) is 0 Å². The average molecular weight is 304 g/mol. The summed E-state index contributed by atoms with van der Waals surface area (Å²) in [7, 11) is 0. The molecule has 0 heterocycles. The standard InChI is InChI=1S/C13H13F3NO4/c1-3-11(19)17-10-7-5-4-6-9(10)12(20,13(14,15)16)21-8(2)18/h4-7H,3H2,1-2H3,(H,17,19)/q-1. The minimum atomic E-state index is -5.38. The Morgan fingerprint density at radius 1 is 1.29 bits per heavy atom. The molecule has 0 aromatic heterocycles. The zero-order chi connectivity index (χ0) is 16.3. The molecule has 0 bridgehead atoms. The Labute approximate surface area is 118 Å². The lowest BCUT2D eigenvalue weighted by atomic mass is 10.0. The highest BCUT2D eigenvalue weighted by molar-refractivity contribution is 5.91. The summed E-state index contributed by atoms with van der Waals surface area (Å²) in [5.41, 5.74) is -1.23. The van der Waals surface area contributed by atoms with E-state index in [1.807, 2.05) is 0 Å². The van der Waals surface area contributed by atoms with Crippen molar-refractivity contribution in [1.29, 1.82) is 0 Å². The monoisotopic (exact) mass is 304 g/mol. The SMILES string of the molecule is CCC(=O)Nc1ccccc1C([O-])(OC(C)=O)C(F)(F)F. The lowest BCUT2D eigenvalue weighted by Gasteiger charge is -2.41. The number of ether oxygens (including phenoxy) is 1. The number of anilines is 1.